The molecule has 3 aromatic heterocycles. The molecule has 0 spiro atoms. The van der Waals surface area contributed by atoms with E-state index in [2.05, 4.69) is 63.3 Å². The monoisotopic (exact) mass is 438 g/mol. The molecular weight excluding hydrogens is 412 g/mol. The third kappa shape index (κ3) is 4.00. The molecule has 0 atom stereocenters. The van der Waals surface area contributed by atoms with Crippen molar-refractivity contribution in [3.8, 4) is 0 Å². The predicted octanol–water partition coefficient (Wildman–Crippen LogP) is 4.35. The Balaban J connectivity index is 1.20. The summed E-state index contributed by atoms with van der Waals surface area (Å²) in [5, 5.41) is 17.9. The smallest absolute Gasteiger partial charge is 0.225 e. The van der Waals surface area contributed by atoms with Crippen LogP contribution in [0.5, 0.6) is 0 Å². The van der Waals surface area contributed by atoms with E-state index >= 15 is 0 Å². The number of hydrogen-bond acceptors (Lipinski definition) is 6. The van der Waals surface area contributed by atoms with Crippen LogP contribution < -0.4 is 10.6 Å². The van der Waals surface area contributed by atoms with E-state index < -0.39 is 0 Å². The minimum Gasteiger partial charge on any atom is -0.366 e. The van der Waals surface area contributed by atoms with Gasteiger partial charge in [-0.25, -0.2) is 4.98 Å². The molecule has 0 amide bonds. The van der Waals surface area contributed by atoms with Crippen LogP contribution in [0.2, 0.25) is 0 Å². The maximum absolute atomic E-state index is 4.79. The van der Waals surface area contributed by atoms with Gasteiger partial charge in [-0.2, -0.15) is 15.2 Å². The lowest BCUT2D eigenvalue weighted by molar-refractivity contribution is 0.796. The number of fused-ring (bicyclic) bond motifs is 2. The molecule has 0 radical (unpaired) electrons. The van der Waals surface area contributed by atoms with E-state index in [1.807, 2.05) is 35.9 Å². The Bertz CT molecular complexity index is 1360. The summed E-state index contributed by atoms with van der Waals surface area (Å²) < 4.78 is 3.80. The summed E-state index contributed by atoms with van der Waals surface area (Å²) >= 11 is 0. The van der Waals surface area contributed by atoms with Gasteiger partial charge < -0.3 is 10.6 Å². The van der Waals surface area contributed by atoms with Gasteiger partial charge in [0.05, 0.1) is 29.1 Å². The van der Waals surface area contributed by atoms with Gasteiger partial charge in [0.25, 0.3) is 0 Å². The molecule has 1 fully saturated rings. The molecule has 0 unspecified atom stereocenters. The predicted molar refractivity (Wildman–Crippen MR) is 130 cm³/mol. The van der Waals surface area contributed by atoms with E-state index in [9.17, 15) is 0 Å². The number of benzene rings is 2. The molecule has 0 aliphatic heterocycles. The quantitative estimate of drug-likeness (QED) is 0.393. The average molecular weight is 439 g/mol. The number of rotatable bonds is 7. The van der Waals surface area contributed by atoms with Crippen LogP contribution in [0.25, 0.3) is 21.8 Å². The van der Waals surface area contributed by atoms with Gasteiger partial charge in [-0.3, -0.25) is 9.36 Å². The van der Waals surface area contributed by atoms with Gasteiger partial charge in [-0.05, 0) is 36.1 Å². The highest BCUT2D eigenvalue weighted by Gasteiger charge is 2.26. The zero-order valence-electron chi connectivity index (χ0n) is 18.8. The van der Waals surface area contributed by atoms with Crippen LogP contribution in [0.3, 0.4) is 0 Å². The lowest BCUT2D eigenvalue weighted by atomic mass is 10.1. The normalized spacial score (nSPS) is 13.6. The van der Waals surface area contributed by atoms with Crippen molar-refractivity contribution in [2.75, 3.05) is 10.6 Å². The van der Waals surface area contributed by atoms with Gasteiger partial charge in [0.15, 0.2) is 0 Å². The lowest BCUT2D eigenvalue weighted by Crippen LogP contribution is -2.09. The second-order valence-electron chi connectivity index (χ2n) is 8.81. The Morgan fingerprint density at radius 2 is 1.39 bits per heavy atom. The number of nitrogens with one attached hydrogen (secondary N) is 2. The number of aryl methyl sites for hydroxylation is 2. The second kappa shape index (κ2) is 7.88. The molecule has 8 nitrogen and oxygen atoms in total. The van der Waals surface area contributed by atoms with Gasteiger partial charge in [-0.1, -0.05) is 24.3 Å². The second-order valence-corrected chi connectivity index (χ2v) is 8.81. The molecule has 33 heavy (non-hydrogen) atoms. The number of aromatic nitrogens is 6. The number of hydrogen-bond donors (Lipinski definition) is 2. The molecule has 166 valence electrons. The van der Waals surface area contributed by atoms with Crippen LogP contribution in [0.1, 0.15) is 35.6 Å². The van der Waals surface area contributed by atoms with Crippen molar-refractivity contribution in [1.82, 2.24) is 29.5 Å². The minimum absolute atomic E-state index is 0.547. The summed E-state index contributed by atoms with van der Waals surface area (Å²) in [4.78, 5) is 9.53. The van der Waals surface area contributed by atoms with Crippen LogP contribution in [-0.2, 0) is 27.2 Å². The maximum Gasteiger partial charge on any atom is 0.225 e. The zero-order chi connectivity index (χ0) is 22.4. The van der Waals surface area contributed by atoms with Crippen molar-refractivity contribution in [2.45, 2.75) is 31.8 Å². The third-order valence-corrected chi connectivity index (χ3v) is 6.29. The van der Waals surface area contributed by atoms with E-state index in [0.717, 1.165) is 33.3 Å². The third-order valence-electron chi connectivity index (χ3n) is 6.29. The van der Waals surface area contributed by atoms with Crippen molar-refractivity contribution in [3.63, 3.8) is 0 Å². The maximum atomic E-state index is 4.79. The van der Waals surface area contributed by atoms with Crippen LogP contribution in [0.4, 0.5) is 11.8 Å². The first-order chi connectivity index (χ1) is 16.1. The van der Waals surface area contributed by atoms with E-state index in [0.29, 0.717) is 25.0 Å². The Kier molecular flexibility index (Phi) is 4.71. The Morgan fingerprint density at radius 1 is 0.788 bits per heavy atom. The van der Waals surface area contributed by atoms with E-state index in [1.165, 1.54) is 24.0 Å². The zero-order valence-corrected chi connectivity index (χ0v) is 18.8. The summed E-state index contributed by atoms with van der Waals surface area (Å²) in [6.45, 7) is 1.35. The van der Waals surface area contributed by atoms with Gasteiger partial charge in [-0.15, -0.1) is 0 Å². The standard InChI is InChI=1S/C25H26N8/c1-32-22-9-16(3-5-19(22)14-28-32)12-26-24-11-21(18-7-8-18)30-25(31-24)27-13-17-4-6-20-15-29-33(2)23(20)10-17/h3-6,9-11,14-15,18H,7-8,12-13H2,1-2H3,(H2,26,27,30,31). The van der Waals surface area contributed by atoms with Crippen LogP contribution >= 0.6 is 0 Å². The van der Waals surface area contributed by atoms with E-state index in [-0.39, 0.29) is 0 Å². The molecule has 0 bridgehead atoms. The fourth-order valence-electron chi connectivity index (χ4n) is 4.20. The minimum atomic E-state index is 0.547. The SMILES string of the molecule is Cn1ncc2ccc(CNc3cc(C4CC4)nc(NCc4ccc5cnn(C)c5c4)n3)cc21. The number of nitrogens with zero attached hydrogens (tertiary/aromatic N) is 6. The molecule has 5 aromatic rings. The first-order valence-electron chi connectivity index (χ1n) is 11.3. The highest BCUT2D eigenvalue weighted by atomic mass is 15.3. The first-order valence-corrected chi connectivity index (χ1v) is 11.3. The Hall–Kier alpha value is -3.94. The fraction of sp³-hybridized carbons (Fsp3) is 0.280. The van der Waals surface area contributed by atoms with Crippen molar-refractivity contribution >= 4 is 33.6 Å². The molecular formula is C25H26N8. The Labute approximate surface area is 191 Å². The lowest BCUT2D eigenvalue weighted by Gasteiger charge is -2.12. The van der Waals surface area contributed by atoms with Crippen molar-refractivity contribution in [3.05, 3.63) is 71.7 Å². The van der Waals surface area contributed by atoms with Crippen molar-refractivity contribution in [1.29, 1.82) is 0 Å². The summed E-state index contributed by atoms with van der Waals surface area (Å²) in [5.41, 5.74) is 5.72. The van der Waals surface area contributed by atoms with E-state index in [4.69, 9.17) is 9.97 Å². The molecule has 2 N–H and O–H groups in total. The van der Waals surface area contributed by atoms with Gasteiger partial charge in [0.2, 0.25) is 5.95 Å². The molecule has 1 aliphatic carbocycles. The highest BCUT2D eigenvalue weighted by Crippen LogP contribution is 2.40. The average Bonchev–Trinajstić information content (AvgIpc) is 3.55. The van der Waals surface area contributed by atoms with Crippen LogP contribution in [-0.4, -0.2) is 29.5 Å². The fourth-order valence-corrected chi connectivity index (χ4v) is 4.20. The van der Waals surface area contributed by atoms with Gasteiger partial charge >= 0.3 is 0 Å². The summed E-state index contributed by atoms with van der Waals surface area (Å²) in [6, 6.07) is 14.9. The molecule has 0 saturated heterocycles. The molecule has 3 heterocycles. The van der Waals surface area contributed by atoms with Crippen LogP contribution in [0, 0.1) is 0 Å². The molecule has 6 rings (SSSR count). The number of anilines is 2. The van der Waals surface area contributed by atoms with Crippen molar-refractivity contribution < 1.29 is 0 Å². The Morgan fingerprint density at radius 3 is 2.00 bits per heavy atom. The molecule has 2 aromatic carbocycles. The summed E-state index contributed by atoms with van der Waals surface area (Å²) in [7, 11) is 3.93. The summed E-state index contributed by atoms with van der Waals surface area (Å²) in [5.74, 6) is 2.06. The van der Waals surface area contributed by atoms with Gasteiger partial charge in [0, 0.05) is 49.9 Å². The topological polar surface area (TPSA) is 85.5 Å². The van der Waals surface area contributed by atoms with Crippen LogP contribution in [0.15, 0.2) is 54.9 Å². The molecule has 1 aliphatic rings. The summed E-state index contributed by atoms with van der Waals surface area (Å²) in [6.07, 6.45) is 6.18. The largest absolute Gasteiger partial charge is 0.366 e. The van der Waals surface area contributed by atoms with E-state index in [1.54, 1.807) is 0 Å². The molecule has 1 saturated carbocycles. The molecule has 8 heteroatoms. The first kappa shape index (κ1) is 19.7. The van der Waals surface area contributed by atoms with Crippen molar-refractivity contribution in [2.24, 2.45) is 14.1 Å². The van der Waals surface area contributed by atoms with Gasteiger partial charge in [0.1, 0.15) is 5.82 Å². The highest BCUT2D eigenvalue weighted by molar-refractivity contribution is 5.80.